The normalized spacial score (nSPS) is 17.4. The lowest BCUT2D eigenvalue weighted by Gasteiger charge is -2.30. The lowest BCUT2D eigenvalue weighted by Crippen LogP contribution is -2.53. The third-order valence-electron chi connectivity index (χ3n) is 11.1. The van der Waals surface area contributed by atoms with E-state index in [0.717, 1.165) is 52.4 Å². The number of alkyl carbamates (subject to hydrolysis) is 2. The molecule has 2 aliphatic rings. The number of likely N-dealkylation sites (tertiary alicyclic amines) is 1. The number of aromatic nitrogens is 2. The maximum atomic E-state index is 13.5. The number of carbonyl (C=O) groups excluding carboxylic acids is 5. The zero-order valence-corrected chi connectivity index (χ0v) is 40.9. The molecule has 1 aromatic heterocycles. The number of amides is 5. The van der Waals surface area contributed by atoms with Gasteiger partial charge in [-0.1, -0.05) is 76.6 Å². The number of hydrogen-bond acceptors (Lipinski definition) is 8. The molecule has 5 N–H and O–H groups in total. The monoisotopic (exact) mass is 949 g/mol. The minimum absolute atomic E-state index is 0. The van der Waals surface area contributed by atoms with E-state index in [-0.39, 0.29) is 109 Å². The minimum atomic E-state index is -0.772. The van der Waals surface area contributed by atoms with E-state index in [0.29, 0.717) is 30.9 Å². The number of methoxy groups -OCH3 is 2. The summed E-state index contributed by atoms with van der Waals surface area (Å²) in [7, 11) is 2.54. The molecule has 5 atom stereocenters. The molecule has 4 aromatic rings. The number of anilines is 1. The Hall–Kier alpha value is -4.17. The summed E-state index contributed by atoms with van der Waals surface area (Å²) in [4.78, 5) is 73.7. The molecule has 3 aromatic carbocycles. The molecule has 1 saturated heterocycles. The highest BCUT2D eigenvalue weighted by Crippen LogP contribution is 2.34. The average Bonchev–Trinajstić information content (AvgIpc) is 4.00. The zero-order valence-electron chi connectivity index (χ0n) is 35.9. The van der Waals surface area contributed by atoms with E-state index in [1.807, 2.05) is 64.1 Å². The molecule has 2 heterocycles. The van der Waals surface area contributed by atoms with Crippen LogP contribution in [0.15, 0.2) is 66.9 Å². The number of carbonyl (C=O) groups is 5. The minimum Gasteiger partial charge on any atom is -0.453 e. The summed E-state index contributed by atoms with van der Waals surface area (Å²) in [5, 5.41) is 13.3. The lowest BCUT2D eigenvalue weighted by atomic mass is 9.98. The fraction of sp³-hybridized carbons (Fsp3) is 0.442. The molecule has 62 heavy (non-hydrogen) atoms. The molecule has 1 saturated carbocycles. The molecule has 1 aliphatic heterocycles. The summed E-state index contributed by atoms with van der Waals surface area (Å²) >= 11 is 0. The van der Waals surface area contributed by atoms with Crippen LogP contribution >= 0.6 is 67.5 Å². The van der Waals surface area contributed by atoms with Crippen molar-refractivity contribution in [3.8, 4) is 22.4 Å². The molecular formula is C43H63N7O7S5. The Balaban J connectivity index is 0.00000384. The molecule has 0 bridgehead atoms. The van der Waals surface area contributed by atoms with Gasteiger partial charge in [-0.25, -0.2) is 14.6 Å². The SMILES string of the molecule is COC(=O)N[C@H](C(=O)N[C@H]1CCC[C@@H]1C(=O)Nc1ccc2cc(-c3ccc(-c4cnc([C@@H]5CCCN5C(=O)[C@@H](NC(=O)OC)C(C)C)[nH]4)cc3)ccc2c1)C(C)C.S.S.S.S.S. The number of nitrogens with one attached hydrogen (secondary N) is 5. The second-order valence-electron chi connectivity index (χ2n) is 15.6. The standard InChI is InChI=1S/C43H53N7O7.5H2S/c1-24(2)36(48-42(54)56-5)40(52)47-33-10-7-9-32(33)39(51)45-31-19-18-29-21-28(16-17-30(29)22-31)26-12-14-27(15-13-26)34-23-44-38(46-34)35-11-8-20-50(35)41(53)37(25(3)4)49-43(55)57-6;;;;;/h12-19,21-25,32-33,35-37H,7-11,20H2,1-6H3,(H,44,46)(H,45,51)(H,47,52)(H,48,54)(H,49,55);5*1H2/t32-,33-,35-,36-,37-;;;;;/m0...../s1. The number of nitrogens with zero attached hydrogens (tertiary/aromatic N) is 2. The first-order chi connectivity index (χ1) is 27.4. The Morgan fingerprint density at radius 2 is 1.29 bits per heavy atom. The molecular weight excluding hydrogens is 887 g/mol. The van der Waals surface area contributed by atoms with Gasteiger partial charge in [0.05, 0.1) is 38.1 Å². The number of aromatic amines is 1. The molecule has 5 amide bonds. The Morgan fingerprint density at radius 3 is 1.92 bits per heavy atom. The van der Waals surface area contributed by atoms with Gasteiger partial charge in [-0.05, 0) is 83.2 Å². The van der Waals surface area contributed by atoms with Crippen LogP contribution in [-0.4, -0.2) is 83.7 Å². The van der Waals surface area contributed by atoms with Gasteiger partial charge in [-0.3, -0.25) is 14.4 Å². The maximum absolute atomic E-state index is 13.5. The number of benzene rings is 3. The highest BCUT2D eigenvalue weighted by Gasteiger charge is 2.38. The van der Waals surface area contributed by atoms with Crippen LogP contribution < -0.4 is 21.3 Å². The largest absolute Gasteiger partial charge is 0.453 e. The molecule has 19 heteroatoms. The van der Waals surface area contributed by atoms with Gasteiger partial charge < -0.3 is 40.6 Å². The van der Waals surface area contributed by atoms with Gasteiger partial charge in [0.1, 0.15) is 17.9 Å². The molecule has 0 spiro atoms. The van der Waals surface area contributed by atoms with E-state index >= 15 is 0 Å². The number of rotatable bonds is 12. The highest BCUT2D eigenvalue weighted by atomic mass is 32.1. The molecule has 0 radical (unpaired) electrons. The van der Waals surface area contributed by atoms with Crippen molar-refractivity contribution in [2.45, 2.75) is 84.0 Å². The van der Waals surface area contributed by atoms with E-state index in [2.05, 4.69) is 60.2 Å². The Labute approximate surface area is 398 Å². The van der Waals surface area contributed by atoms with Gasteiger partial charge in [0.25, 0.3) is 0 Å². The van der Waals surface area contributed by atoms with Crippen LogP contribution in [0.4, 0.5) is 15.3 Å². The van der Waals surface area contributed by atoms with Crippen LogP contribution in [0.2, 0.25) is 0 Å². The Kier molecular flexibility index (Phi) is 22.7. The van der Waals surface area contributed by atoms with Gasteiger partial charge in [0, 0.05) is 18.3 Å². The molecule has 0 unspecified atom stereocenters. The molecule has 342 valence electrons. The highest BCUT2D eigenvalue weighted by molar-refractivity contribution is 7.60. The van der Waals surface area contributed by atoms with Gasteiger partial charge >= 0.3 is 12.2 Å². The van der Waals surface area contributed by atoms with Crippen LogP contribution in [0, 0.1) is 17.8 Å². The van der Waals surface area contributed by atoms with Crippen molar-refractivity contribution in [2.75, 3.05) is 26.1 Å². The molecule has 1 aliphatic carbocycles. The van der Waals surface area contributed by atoms with E-state index in [9.17, 15) is 24.0 Å². The predicted molar refractivity (Wildman–Crippen MR) is 269 cm³/mol. The van der Waals surface area contributed by atoms with Crippen molar-refractivity contribution in [3.05, 3.63) is 72.7 Å². The van der Waals surface area contributed by atoms with E-state index in [1.54, 1.807) is 11.1 Å². The summed E-state index contributed by atoms with van der Waals surface area (Å²) in [5.74, 6) is -0.587. The second-order valence-corrected chi connectivity index (χ2v) is 15.6. The van der Waals surface area contributed by atoms with Crippen LogP contribution in [-0.2, 0) is 23.9 Å². The van der Waals surface area contributed by atoms with Crippen molar-refractivity contribution >= 4 is 114 Å². The fourth-order valence-corrected chi connectivity index (χ4v) is 7.87. The number of H-pyrrole nitrogens is 1. The first-order valence-corrected chi connectivity index (χ1v) is 19.7. The van der Waals surface area contributed by atoms with Crippen molar-refractivity contribution < 1.29 is 33.4 Å². The lowest BCUT2D eigenvalue weighted by molar-refractivity contribution is -0.135. The molecule has 2 fully saturated rings. The van der Waals surface area contributed by atoms with Gasteiger partial charge in [-0.2, -0.15) is 67.5 Å². The average molecular weight is 950 g/mol. The topological polar surface area (TPSA) is 184 Å². The number of imidazole rings is 1. The predicted octanol–water partition coefficient (Wildman–Crippen LogP) is 7.11. The smallest absolute Gasteiger partial charge is 0.407 e. The van der Waals surface area contributed by atoms with Crippen molar-refractivity contribution in [1.82, 2.24) is 30.8 Å². The molecule has 6 rings (SSSR count). The number of hydrogen-bond donors (Lipinski definition) is 5. The Morgan fingerprint density at radius 1 is 0.710 bits per heavy atom. The van der Waals surface area contributed by atoms with Crippen LogP contribution in [0.3, 0.4) is 0 Å². The van der Waals surface area contributed by atoms with E-state index in [1.165, 1.54) is 14.2 Å². The van der Waals surface area contributed by atoms with Crippen molar-refractivity contribution in [2.24, 2.45) is 17.8 Å². The summed E-state index contributed by atoms with van der Waals surface area (Å²) in [6.07, 6.45) is 4.24. The van der Waals surface area contributed by atoms with Crippen LogP contribution in [0.1, 0.15) is 71.7 Å². The number of fused-ring (bicyclic) bond motifs is 1. The summed E-state index contributed by atoms with van der Waals surface area (Å²) < 4.78 is 9.43. The second kappa shape index (κ2) is 25.2. The Bertz CT molecular complexity index is 2120. The molecule has 14 nitrogen and oxygen atoms in total. The fourth-order valence-electron chi connectivity index (χ4n) is 7.87. The quantitative estimate of drug-likeness (QED) is 0.0996. The zero-order chi connectivity index (χ0) is 40.8. The van der Waals surface area contributed by atoms with Crippen LogP contribution in [0.25, 0.3) is 33.2 Å². The maximum Gasteiger partial charge on any atom is 0.407 e. The summed E-state index contributed by atoms with van der Waals surface area (Å²) in [6, 6.07) is 18.2. The van der Waals surface area contributed by atoms with Gasteiger partial charge in [0.15, 0.2) is 0 Å². The first kappa shape index (κ1) is 55.8. The first-order valence-electron chi connectivity index (χ1n) is 19.7. The third-order valence-corrected chi connectivity index (χ3v) is 11.1. The van der Waals surface area contributed by atoms with Gasteiger partial charge in [-0.15, -0.1) is 0 Å². The summed E-state index contributed by atoms with van der Waals surface area (Å²) in [5.41, 5.74) is 4.57. The number of ether oxygens (including phenoxy) is 2. The third kappa shape index (κ3) is 13.2. The van der Waals surface area contributed by atoms with Crippen LogP contribution in [0.5, 0.6) is 0 Å². The van der Waals surface area contributed by atoms with Gasteiger partial charge in [0.2, 0.25) is 17.7 Å². The van der Waals surface area contributed by atoms with E-state index in [4.69, 9.17) is 4.74 Å². The van der Waals surface area contributed by atoms with Crippen molar-refractivity contribution in [1.29, 1.82) is 0 Å². The van der Waals surface area contributed by atoms with Crippen molar-refractivity contribution in [3.63, 3.8) is 0 Å². The van der Waals surface area contributed by atoms with E-state index < -0.39 is 30.2 Å². The summed E-state index contributed by atoms with van der Waals surface area (Å²) in [6.45, 7) is 8.05.